The zero-order valence-electron chi connectivity index (χ0n) is 6.56. The van der Waals surface area contributed by atoms with E-state index < -0.39 is 0 Å². The normalized spacial score (nSPS) is 10.1. The fourth-order valence-electron chi connectivity index (χ4n) is 0.891. The van der Waals surface area contributed by atoms with Gasteiger partial charge in [-0.2, -0.15) is 5.10 Å². The Morgan fingerprint density at radius 1 is 1.50 bits per heavy atom. The highest BCUT2D eigenvalue weighted by Gasteiger charge is 1.99. The number of hydrogen-bond donors (Lipinski definition) is 1. The molecule has 62 valence electrons. The molecule has 0 spiro atoms. The number of hydrogen-bond acceptors (Lipinski definition) is 4. The molecule has 0 aliphatic heterocycles. The molecule has 0 unspecified atom stereocenters. The number of aromatic nitrogens is 3. The summed E-state index contributed by atoms with van der Waals surface area (Å²) in [5.74, 6) is 0.949. The predicted octanol–water partition coefficient (Wildman–Crippen LogP) is 1.62. The van der Waals surface area contributed by atoms with Crippen LogP contribution in [0.3, 0.4) is 0 Å². The standard InChI is InChI=1S/C7H8N4S/c1-11-6(2-3-9-11)10-7-8-4-5-12-7/h2-5H,1H3,(H,8,10). The van der Waals surface area contributed by atoms with E-state index in [0.717, 1.165) is 10.9 Å². The molecule has 0 fully saturated rings. The first-order valence-electron chi connectivity index (χ1n) is 3.51. The third-order valence-electron chi connectivity index (χ3n) is 1.49. The Morgan fingerprint density at radius 3 is 3.00 bits per heavy atom. The number of aryl methyl sites for hydroxylation is 1. The van der Waals surface area contributed by atoms with Crippen LogP contribution in [0.4, 0.5) is 10.9 Å². The minimum Gasteiger partial charge on any atom is -0.316 e. The van der Waals surface area contributed by atoms with E-state index in [2.05, 4.69) is 15.4 Å². The Balaban J connectivity index is 2.20. The van der Waals surface area contributed by atoms with Crippen molar-refractivity contribution in [2.75, 3.05) is 5.32 Å². The van der Waals surface area contributed by atoms with E-state index in [1.807, 2.05) is 18.5 Å². The monoisotopic (exact) mass is 180 g/mol. The Labute approximate surface area is 73.9 Å². The van der Waals surface area contributed by atoms with Gasteiger partial charge in [-0.25, -0.2) is 4.98 Å². The first kappa shape index (κ1) is 7.30. The molecule has 2 aromatic rings. The van der Waals surface area contributed by atoms with E-state index in [1.165, 1.54) is 0 Å². The molecule has 0 bridgehead atoms. The van der Waals surface area contributed by atoms with E-state index in [0.29, 0.717) is 0 Å². The lowest BCUT2D eigenvalue weighted by Gasteiger charge is -2.00. The molecule has 0 aliphatic rings. The summed E-state index contributed by atoms with van der Waals surface area (Å²) in [6, 6.07) is 1.90. The fraction of sp³-hybridized carbons (Fsp3) is 0.143. The van der Waals surface area contributed by atoms with Crippen molar-refractivity contribution in [1.82, 2.24) is 14.8 Å². The fourth-order valence-corrected chi connectivity index (χ4v) is 1.43. The van der Waals surface area contributed by atoms with Gasteiger partial charge in [0.2, 0.25) is 0 Å². The molecule has 2 aromatic heterocycles. The van der Waals surface area contributed by atoms with Crippen molar-refractivity contribution >= 4 is 22.3 Å². The number of nitrogens with one attached hydrogen (secondary N) is 1. The highest BCUT2D eigenvalue weighted by atomic mass is 32.1. The minimum absolute atomic E-state index is 0.888. The summed E-state index contributed by atoms with van der Waals surface area (Å²) in [5.41, 5.74) is 0. The molecular formula is C7H8N4S. The topological polar surface area (TPSA) is 42.7 Å². The molecule has 0 saturated carbocycles. The summed E-state index contributed by atoms with van der Waals surface area (Å²) in [7, 11) is 1.88. The molecule has 0 aliphatic carbocycles. The summed E-state index contributed by atoms with van der Waals surface area (Å²) in [6.45, 7) is 0. The molecule has 2 rings (SSSR count). The van der Waals surface area contributed by atoms with Crippen LogP contribution in [0.15, 0.2) is 23.8 Å². The maximum atomic E-state index is 4.10. The van der Waals surface area contributed by atoms with Crippen molar-refractivity contribution in [3.05, 3.63) is 23.8 Å². The molecule has 0 amide bonds. The first-order valence-corrected chi connectivity index (χ1v) is 4.39. The molecule has 4 nitrogen and oxygen atoms in total. The highest BCUT2D eigenvalue weighted by Crippen LogP contribution is 2.16. The number of thiazole rings is 1. The van der Waals surface area contributed by atoms with Crippen LogP contribution in [-0.2, 0) is 7.05 Å². The molecule has 0 aromatic carbocycles. The minimum atomic E-state index is 0.888. The molecule has 12 heavy (non-hydrogen) atoms. The molecular weight excluding hydrogens is 172 g/mol. The van der Waals surface area contributed by atoms with Crippen molar-refractivity contribution in [2.24, 2.45) is 7.05 Å². The lowest BCUT2D eigenvalue weighted by molar-refractivity contribution is 0.776. The van der Waals surface area contributed by atoms with Gasteiger partial charge >= 0.3 is 0 Å². The highest BCUT2D eigenvalue weighted by molar-refractivity contribution is 7.13. The molecule has 0 radical (unpaired) electrons. The molecule has 0 saturated heterocycles. The second kappa shape index (κ2) is 2.94. The van der Waals surface area contributed by atoms with Crippen LogP contribution in [-0.4, -0.2) is 14.8 Å². The average Bonchev–Trinajstić information content (AvgIpc) is 2.65. The van der Waals surface area contributed by atoms with E-state index in [9.17, 15) is 0 Å². The van der Waals surface area contributed by atoms with E-state index in [4.69, 9.17) is 0 Å². The van der Waals surface area contributed by atoms with Gasteiger partial charge in [-0.1, -0.05) is 0 Å². The van der Waals surface area contributed by atoms with Crippen LogP contribution in [0.2, 0.25) is 0 Å². The van der Waals surface area contributed by atoms with Gasteiger partial charge in [0.15, 0.2) is 5.13 Å². The Kier molecular flexibility index (Phi) is 1.79. The lowest BCUT2D eigenvalue weighted by Crippen LogP contribution is -1.98. The summed E-state index contributed by atoms with van der Waals surface area (Å²) < 4.78 is 1.77. The zero-order chi connectivity index (χ0) is 8.39. The molecule has 2 heterocycles. The van der Waals surface area contributed by atoms with E-state index in [-0.39, 0.29) is 0 Å². The Hall–Kier alpha value is -1.36. The van der Waals surface area contributed by atoms with Gasteiger partial charge in [0.25, 0.3) is 0 Å². The summed E-state index contributed by atoms with van der Waals surface area (Å²) in [4.78, 5) is 4.10. The third kappa shape index (κ3) is 1.31. The van der Waals surface area contributed by atoms with Gasteiger partial charge in [0.1, 0.15) is 5.82 Å². The maximum Gasteiger partial charge on any atom is 0.188 e. The van der Waals surface area contributed by atoms with Crippen LogP contribution in [0.25, 0.3) is 0 Å². The zero-order valence-corrected chi connectivity index (χ0v) is 7.38. The molecule has 5 heteroatoms. The predicted molar refractivity (Wildman–Crippen MR) is 48.6 cm³/mol. The van der Waals surface area contributed by atoms with Crippen molar-refractivity contribution in [2.45, 2.75) is 0 Å². The SMILES string of the molecule is Cn1nccc1Nc1nccs1. The number of anilines is 2. The molecule has 0 atom stereocenters. The maximum absolute atomic E-state index is 4.10. The van der Waals surface area contributed by atoms with Crippen molar-refractivity contribution in [1.29, 1.82) is 0 Å². The van der Waals surface area contributed by atoms with Crippen LogP contribution in [0.5, 0.6) is 0 Å². The largest absolute Gasteiger partial charge is 0.316 e. The van der Waals surface area contributed by atoms with Crippen LogP contribution in [0.1, 0.15) is 0 Å². The van der Waals surface area contributed by atoms with Crippen LogP contribution >= 0.6 is 11.3 Å². The van der Waals surface area contributed by atoms with Gasteiger partial charge in [0.05, 0.1) is 6.20 Å². The Bertz CT molecular complexity index is 351. The van der Waals surface area contributed by atoms with Crippen molar-refractivity contribution in [3.8, 4) is 0 Å². The van der Waals surface area contributed by atoms with Crippen molar-refractivity contribution < 1.29 is 0 Å². The van der Waals surface area contributed by atoms with Gasteiger partial charge < -0.3 is 5.32 Å². The number of rotatable bonds is 2. The van der Waals surface area contributed by atoms with E-state index in [1.54, 1.807) is 28.4 Å². The first-order chi connectivity index (χ1) is 5.86. The van der Waals surface area contributed by atoms with Crippen LogP contribution < -0.4 is 5.32 Å². The van der Waals surface area contributed by atoms with Crippen LogP contribution in [0, 0.1) is 0 Å². The number of nitrogens with zero attached hydrogens (tertiary/aromatic N) is 3. The van der Waals surface area contributed by atoms with E-state index >= 15 is 0 Å². The summed E-state index contributed by atoms with van der Waals surface area (Å²) in [5, 5.41) is 9.99. The second-order valence-corrected chi connectivity index (χ2v) is 3.20. The van der Waals surface area contributed by atoms with Gasteiger partial charge in [-0.15, -0.1) is 11.3 Å². The van der Waals surface area contributed by atoms with Gasteiger partial charge in [-0.05, 0) is 0 Å². The lowest BCUT2D eigenvalue weighted by atomic mass is 10.6. The second-order valence-electron chi connectivity index (χ2n) is 2.30. The van der Waals surface area contributed by atoms with Crippen molar-refractivity contribution in [3.63, 3.8) is 0 Å². The van der Waals surface area contributed by atoms with Gasteiger partial charge in [0, 0.05) is 24.7 Å². The summed E-state index contributed by atoms with van der Waals surface area (Å²) in [6.07, 6.45) is 3.51. The quantitative estimate of drug-likeness (QED) is 0.763. The Morgan fingerprint density at radius 2 is 2.42 bits per heavy atom. The summed E-state index contributed by atoms with van der Waals surface area (Å²) >= 11 is 1.57. The third-order valence-corrected chi connectivity index (χ3v) is 2.18. The average molecular weight is 180 g/mol. The molecule has 1 N–H and O–H groups in total. The smallest absolute Gasteiger partial charge is 0.188 e. The van der Waals surface area contributed by atoms with Gasteiger partial charge in [-0.3, -0.25) is 4.68 Å².